The van der Waals surface area contributed by atoms with Gasteiger partial charge in [0.1, 0.15) is 0 Å². The third kappa shape index (κ3) is 3.22. The van der Waals surface area contributed by atoms with E-state index in [1.807, 2.05) is 6.92 Å². The number of aryl methyl sites for hydroxylation is 3. The molecule has 22 heavy (non-hydrogen) atoms. The Hall–Kier alpha value is -1.27. The number of aromatic nitrogens is 4. The van der Waals surface area contributed by atoms with Gasteiger partial charge >= 0.3 is 0 Å². The lowest BCUT2D eigenvalue weighted by Crippen LogP contribution is -2.15. The molecule has 0 spiro atoms. The second-order valence-corrected chi connectivity index (χ2v) is 7.11. The molecule has 0 radical (unpaired) electrons. The molecule has 0 bridgehead atoms. The minimum atomic E-state index is 0.435. The molecule has 1 saturated heterocycles. The van der Waals surface area contributed by atoms with Crippen molar-refractivity contribution >= 4 is 11.3 Å². The predicted molar refractivity (Wildman–Crippen MR) is 88.3 cm³/mol. The van der Waals surface area contributed by atoms with Gasteiger partial charge in [0.2, 0.25) is 0 Å². The van der Waals surface area contributed by atoms with Crippen LogP contribution < -0.4 is 0 Å². The molecule has 2 aromatic rings. The molecule has 6 heteroatoms. The first-order valence-corrected chi connectivity index (χ1v) is 8.97. The van der Waals surface area contributed by atoms with Gasteiger partial charge in [0.05, 0.1) is 15.6 Å². The highest BCUT2D eigenvalue weighted by Crippen LogP contribution is 2.31. The first-order chi connectivity index (χ1) is 10.7. The van der Waals surface area contributed by atoms with E-state index in [1.54, 1.807) is 11.3 Å². The highest BCUT2D eigenvalue weighted by Gasteiger charge is 2.24. The Balaban J connectivity index is 1.95. The van der Waals surface area contributed by atoms with Crippen molar-refractivity contribution in [2.75, 3.05) is 13.2 Å². The molecular formula is C16H24N4OS. The van der Waals surface area contributed by atoms with Crippen LogP contribution in [0.4, 0.5) is 0 Å². The van der Waals surface area contributed by atoms with E-state index in [1.165, 1.54) is 4.88 Å². The molecule has 1 aliphatic heterocycles. The third-order valence-corrected chi connectivity index (χ3v) is 5.17. The van der Waals surface area contributed by atoms with Crippen molar-refractivity contribution in [2.24, 2.45) is 0 Å². The van der Waals surface area contributed by atoms with Crippen molar-refractivity contribution in [3.63, 3.8) is 0 Å². The molecule has 0 atom stereocenters. The first kappa shape index (κ1) is 15.6. The summed E-state index contributed by atoms with van der Waals surface area (Å²) < 4.78 is 7.55. The first-order valence-electron chi connectivity index (χ1n) is 8.16. The van der Waals surface area contributed by atoms with Gasteiger partial charge in [0, 0.05) is 25.7 Å². The van der Waals surface area contributed by atoms with E-state index >= 15 is 0 Å². The van der Waals surface area contributed by atoms with Gasteiger partial charge in [-0.3, -0.25) is 0 Å². The highest BCUT2D eigenvalue weighted by molar-refractivity contribution is 7.15. The fourth-order valence-electron chi connectivity index (χ4n) is 2.86. The average molecular weight is 320 g/mol. The summed E-state index contributed by atoms with van der Waals surface area (Å²) in [4.78, 5) is 10.6. The number of rotatable bonds is 5. The normalized spacial score (nSPS) is 16.3. The van der Waals surface area contributed by atoms with Gasteiger partial charge in [-0.25, -0.2) is 14.6 Å². The fourth-order valence-corrected chi connectivity index (χ4v) is 3.77. The largest absolute Gasteiger partial charge is 0.381 e. The summed E-state index contributed by atoms with van der Waals surface area (Å²) in [5.74, 6) is 2.42. The van der Waals surface area contributed by atoms with Gasteiger partial charge in [0.15, 0.2) is 11.6 Å². The Morgan fingerprint density at radius 3 is 2.64 bits per heavy atom. The summed E-state index contributed by atoms with van der Waals surface area (Å²) in [5.41, 5.74) is 1.06. The smallest absolute Gasteiger partial charge is 0.170 e. The van der Waals surface area contributed by atoms with Crippen LogP contribution in [0.5, 0.6) is 0 Å². The van der Waals surface area contributed by atoms with Crippen LogP contribution in [0.1, 0.15) is 55.1 Å². The quantitative estimate of drug-likeness (QED) is 0.842. The van der Waals surface area contributed by atoms with Crippen molar-refractivity contribution in [3.8, 4) is 10.7 Å². The minimum absolute atomic E-state index is 0.435. The zero-order valence-corrected chi connectivity index (χ0v) is 14.4. The van der Waals surface area contributed by atoms with Crippen LogP contribution >= 0.6 is 11.3 Å². The maximum Gasteiger partial charge on any atom is 0.170 e. The summed E-state index contributed by atoms with van der Waals surface area (Å²) >= 11 is 1.72. The predicted octanol–water partition coefficient (Wildman–Crippen LogP) is 3.71. The van der Waals surface area contributed by atoms with Gasteiger partial charge < -0.3 is 4.74 Å². The maximum atomic E-state index is 5.46. The van der Waals surface area contributed by atoms with Crippen molar-refractivity contribution < 1.29 is 4.74 Å². The number of unbranched alkanes of at least 4 members (excludes halogenated alkanes) is 1. The third-order valence-electron chi connectivity index (χ3n) is 4.10. The molecule has 2 aromatic heterocycles. The Bertz CT molecular complexity index is 628. The Kier molecular flexibility index (Phi) is 4.88. The van der Waals surface area contributed by atoms with Crippen molar-refractivity contribution in [1.82, 2.24) is 19.7 Å². The highest BCUT2D eigenvalue weighted by atomic mass is 32.1. The Morgan fingerprint density at radius 2 is 2.00 bits per heavy atom. The van der Waals surface area contributed by atoms with Crippen molar-refractivity contribution in [2.45, 2.75) is 58.9 Å². The average Bonchev–Trinajstić information content (AvgIpc) is 3.09. The summed E-state index contributed by atoms with van der Waals surface area (Å²) in [5, 5.41) is 5.92. The van der Waals surface area contributed by atoms with Gasteiger partial charge in [-0.2, -0.15) is 5.10 Å². The number of hydrogen-bond acceptors (Lipinski definition) is 5. The molecule has 3 rings (SSSR count). The van der Waals surface area contributed by atoms with E-state index < -0.39 is 0 Å². The minimum Gasteiger partial charge on any atom is -0.381 e. The topological polar surface area (TPSA) is 52.8 Å². The van der Waals surface area contributed by atoms with E-state index in [0.29, 0.717) is 5.92 Å². The lowest BCUT2D eigenvalue weighted by molar-refractivity contribution is 0.0835. The molecule has 0 unspecified atom stereocenters. The Morgan fingerprint density at radius 1 is 1.23 bits per heavy atom. The summed E-state index contributed by atoms with van der Waals surface area (Å²) in [7, 11) is 0. The summed E-state index contributed by atoms with van der Waals surface area (Å²) in [6.45, 7) is 8.89. The van der Waals surface area contributed by atoms with E-state index in [-0.39, 0.29) is 0 Å². The maximum absolute atomic E-state index is 5.46. The van der Waals surface area contributed by atoms with Crippen LogP contribution in [0.2, 0.25) is 0 Å². The zero-order chi connectivity index (χ0) is 15.5. The van der Waals surface area contributed by atoms with E-state index in [0.717, 1.165) is 67.8 Å². The van der Waals surface area contributed by atoms with Gasteiger partial charge in [-0.1, -0.05) is 13.3 Å². The molecule has 0 aromatic carbocycles. The molecule has 1 aliphatic rings. The van der Waals surface area contributed by atoms with Crippen LogP contribution in [-0.4, -0.2) is 33.0 Å². The molecule has 5 nitrogen and oxygen atoms in total. The molecule has 1 fully saturated rings. The summed E-state index contributed by atoms with van der Waals surface area (Å²) in [6, 6.07) is 0. The van der Waals surface area contributed by atoms with Crippen molar-refractivity contribution in [1.29, 1.82) is 0 Å². The Labute approximate surface area is 135 Å². The monoisotopic (exact) mass is 320 g/mol. The van der Waals surface area contributed by atoms with Crippen molar-refractivity contribution in [3.05, 3.63) is 16.5 Å². The molecule has 0 saturated carbocycles. The lowest BCUT2D eigenvalue weighted by atomic mass is 10.00. The number of ether oxygens (including phenoxy) is 1. The molecule has 0 amide bonds. The number of hydrogen-bond donors (Lipinski definition) is 0. The van der Waals surface area contributed by atoms with Gasteiger partial charge in [-0.15, -0.1) is 11.3 Å². The number of thiazole rings is 1. The number of nitrogens with zero attached hydrogens (tertiary/aromatic N) is 4. The van der Waals surface area contributed by atoms with Gasteiger partial charge in [0.25, 0.3) is 0 Å². The van der Waals surface area contributed by atoms with Crippen LogP contribution in [0.3, 0.4) is 0 Å². The zero-order valence-electron chi connectivity index (χ0n) is 13.6. The van der Waals surface area contributed by atoms with Crippen LogP contribution in [0, 0.1) is 13.8 Å². The second kappa shape index (κ2) is 6.87. The lowest BCUT2D eigenvalue weighted by Gasteiger charge is -2.18. The molecule has 3 heterocycles. The van der Waals surface area contributed by atoms with Crippen LogP contribution in [0.15, 0.2) is 0 Å². The molecule has 120 valence electrons. The molecule has 0 aliphatic carbocycles. The molecule has 0 N–H and O–H groups in total. The van der Waals surface area contributed by atoms with E-state index in [2.05, 4.69) is 23.5 Å². The van der Waals surface area contributed by atoms with Crippen LogP contribution in [-0.2, 0) is 11.3 Å². The standard InChI is InChI=1S/C16H24N4OS/c1-4-5-8-20-16(14-11(2)17-12(3)22-14)18-15(19-20)13-6-9-21-10-7-13/h13H,4-10H2,1-3H3. The van der Waals surface area contributed by atoms with E-state index in [9.17, 15) is 0 Å². The van der Waals surface area contributed by atoms with E-state index in [4.69, 9.17) is 14.8 Å². The summed E-state index contributed by atoms with van der Waals surface area (Å²) in [6.07, 6.45) is 4.34. The molecular weight excluding hydrogens is 296 g/mol. The van der Waals surface area contributed by atoms with Gasteiger partial charge in [-0.05, 0) is 33.1 Å². The fraction of sp³-hybridized carbons (Fsp3) is 0.688. The van der Waals surface area contributed by atoms with Crippen LogP contribution in [0.25, 0.3) is 10.7 Å². The SMILES string of the molecule is CCCCn1nc(C2CCOCC2)nc1-c1sc(C)nc1C. The second-order valence-electron chi connectivity index (χ2n) is 5.90.